The summed E-state index contributed by atoms with van der Waals surface area (Å²) in [6.07, 6.45) is 8.69. The van der Waals surface area contributed by atoms with Crippen molar-refractivity contribution in [3.05, 3.63) is 12.7 Å². The zero-order valence-corrected chi connectivity index (χ0v) is 7.51. The van der Waals surface area contributed by atoms with Crippen LogP contribution >= 0.6 is 0 Å². The molecule has 0 aromatic carbocycles. The van der Waals surface area contributed by atoms with Gasteiger partial charge in [-0.1, -0.05) is 18.9 Å². The standard InChI is InChI=1S/C11H16O/c1-2-6-11-7-4-3-5-9(11)8-10(11)12/h2,9H,1,3-8H2/t9-,11-/m0/s1. The molecular weight excluding hydrogens is 148 g/mol. The van der Waals surface area contributed by atoms with Crippen LogP contribution in [0, 0.1) is 11.3 Å². The van der Waals surface area contributed by atoms with E-state index in [2.05, 4.69) is 6.58 Å². The van der Waals surface area contributed by atoms with Crippen LogP contribution in [0.5, 0.6) is 0 Å². The molecule has 0 saturated heterocycles. The minimum Gasteiger partial charge on any atom is -0.299 e. The van der Waals surface area contributed by atoms with Gasteiger partial charge >= 0.3 is 0 Å². The van der Waals surface area contributed by atoms with Crippen LogP contribution in [0.3, 0.4) is 0 Å². The Morgan fingerprint density at radius 3 is 3.00 bits per heavy atom. The third-order valence-electron chi connectivity index (χ3n) is 3.70. The molecule has 2 atom stereocenters. The number of allylic oxidation sites excluding steroid dienone is 1. The number of rotatable bonds is 2. The van der Waals surface area contributed by atoms with Gasteiger partial charge in [-0.2, -0.15) is 0 Å². The average Bonchev–Trinajstić information content (AvgIpc) is 2.07. The Labute approximate surface area is 73.8 Å². The van der Waals surface area contributed by atoms with Gasteiger partial charge in [-0.3, -0.25) is 4.79 Å². The topological polar surface area (TPSA) is 17.1 Å². The van der Waals surface area contributed by atoms with Crippen LogP contribution in [-0.2, 0) is 4.79 Å². The van der Waals surface area contributed by atoms with E-state index in [-0.39, 0.29) is 5.41 Å². The third-order valence-corrected chi connectivity index (χ3v) is 3.70. The van der Waals surface area contributed by atoms with Crippen molar-refractivity contribution in [1.29, 1.82) is 0 Å². The van der Waals surface area contributed by atoms with E-state index in [1.807, 2.05) is 6.08 Å². The van der Waals surface area contributed by atoms with Gasteiger partial charge in [0, 0.05) is 11.8 Å². The SMILES string of the molecule is C=CC[C@]12CCCC[C@H]1CC2=O. The van der Waals surface area contributed by atoms with Crippen LogP contribution in [0.15, 0.2) is 12.7 Å². The summed E-state index contributed by atoms with van der Waals surface area (Å²) in [4.78, 5) is 11.5. The number of carbonyl (C=O) groups is 1. The zero-order valence-electron chi connectivity index (χ0n) is 7.51. The number of hydrogen-bond acceptors (Lipinski definition) is 1. The number of ketones is 1. The van der Waals surface area contributed by atoms with Crippen molar-refractivity contribution in [2.75, 3.05) is 0 Å². The van der Waals surface area contributed by atoms with Crippen molar-refractivity contribution in [2.24, 2.45) is 11.3 Å². The van der Waals surface area contributed by atoms with Crippen molar-refractivity contribution in [2.45, 2.75) is 38.5 Å². The largest absolute Gasteiger partial charge is 0.299 e. The molecule has 0 amide bonds. The molecule has 2 saturated carbocycles. The highest BCUT2D eigenvalue weighted by Crippen LogP contribution is 2.54. The minimum absolute atomic E-state index is 0.0694. The minimum atomic E-state index is 0.0694. The summed E-state index contributed by atoms with van der Waals surface area (Å²) < 4.78 is 0. The maximum absolute atomic E-state index is 11.5. The molecule has 0 heterocycles. The molecule has 0 spiro atoms. The second-order valence-electron chi connectivity index (χ2n) is 4.22. The van der Waals surface area contributed by atoms with E-state index >= 15 is 0 Å². The van der Waals surface area contributed by atoms with E-state index < -0.39 is 0 Å². The fourth-order valence-electron chi connectivity index (χ4n) is 2.91. The van der Waals surface area contributed by atoms with E-state index in [1.54, 1.807) is 0 Å². The van der Waals surface area contributed by atoms with E-state index in [0.29, 0.717) is 11.7 Å². The predicted octanol–water partition coefficient (Wildman–Crippen LogP) is 2.71. The Kier molecular flexibility index (Phi) is 1.82. The molecule has 1 nitrogen and oxygen atoms in total. The van der Waals surface area contributed by atoms with E-state index in [9.17, 15) is 4.79 Å². The first kappa shape index (κ1) is 8.03. The molecule has 2 aliphatic rings. The second-order valence-corrected chi connectivity index (χ2v) is 4.22. The molecule has 0 aromatic heterocycles. The monoisotopic (exact) mass is 164 g/mol. The van der Waals surface area contributed by atoms with Gasteiger partial charge in [0.2, 0.25) is 0 Å². The first-order valence-corrected chi connectivity index (χ1v) is 4.94. The summed E-state index contributed by atoms with van der Waals surface area (Å²) in [5.41, 5.74) is 0.0694. The number of carbonyl (C=O) groups excluding carboxylic acids is 1. The number of fused-ring (bicyclic) bond motifs is 1. The zero-order chi connectivity index (χ0) is 8.60. The summed E-state index contributed by atoms with van der Waals surface area (Å²) in [6.45, 7) is 3.75. The molecule has 0 aromatic rings. The Morgan fingerprint density at radius 2 is 2.42 bits per heavy atom. The van der Waals surface area contributed by atoms with Crippen molar-refractivity contribution >= 4 is 5.78 Å². The van der Waals surface area contributed by atoms with Crippen LogP contribution in [0.25, 0.3) is 0 Å². The van der Waals surface area contributed by atoms with Crippen LogP contribution in [0.4, 0.5) is 0 Å². The quantitative estimate of drug-likeness (QED) is 0.573. The Hall–Kier alpha value is -0.590. The molecule has 2 aliphatic carbocycles. The van der Waals surface area contributed by atoms with E-state index in [1.165, 1.54) is 19.3 Å². The van der Waals surface area contributed by atoms with Gasteiger partial charge in [0.15, 0.2) is 0 Å². The molecular formula is C11H16O. The van der Waals surface area contributed by atoms with Crippen LogP contribution in [-0.4, -0.2) is 5.78 Å². The molecule has 2 rings (SSSR count). The summed E-state index contributed by atoms with van der Waals surface area (Å²) >= 11 is 0. The second kappa shape index (κ2) is 2.72. The lowest BCUT2D eigenvalue weighted by molar-refractivity contribution is -0.149. The smallest absolute Gasteiger partial charge is 0.139 e. The molecule has 0 aliphatic heterocycles. The average molecular weight is 164 g/mol. The Morgan fingerprint density at radius 1 is 1.58 bits per heavy atom. The van der Waals surface area contributed by atoms with E-state index in [0.717, 1.165) is 19.3 Å². The molecule has 0 unspecified atom stereocenters. The number of hydrogen-bond donors (Lipinski definition) is 0. The highest BCUT2D eigenvalue weighted by Gasteiger charge is 2.53. The van der Waals surface area contributed by atoms with Gasteiger partial charge in [0.05, 0.1) is 0 Å². The van der Waals surface area contributed by atoms with E-state index in [4.69, 9.17) is 0 Å². The molecule has 12 heavy (non-hydrogen) atoms. The molecule has 2 fully saturated rings. The van der Waals surface area contributed by atoms with Gasteiger partial charge in [0.1, 0.15) is 5.78 Å². The summed E-state index contributed by atoms with van der Waals surface area (Å²) in [6, 6.07) is 0. The summed E-state index contributed by atoms with van der Waals surface area (Å²) in [5.74, 6) is 1.21. The summed E-state index contributed by atoms with van der Waals surface area (Å²) in [5, 5.41) is 0. The first-order chi connectivity index (χ1) is 5.79. The maximum atomic E-state index is 11.5. The van der Waals surface area contributed by atoms with Gasteiger partial charge in [-0.05, 0) is 25.2 Å². The summed E-state index contributed by atoms with van der Waals surface area (Å²) in [7, 11) is 0. The van der Waals surface area contributed by atoms with Crippen LogP contribution in [0.2, 0.25) is 0 Å². The number of Topliss-reactive ketones (excluding diaryl/α,β-unsaturated/α-hetero) is 1. The molecule has 0 N–H and O–H groups in total. The van der Waals surface area contributed by atoms with Crippen molar-refractivity contribution in [1.82, 2.24) is 0 Å². The third kappa shape index (κ3) is 0.886. The molecule has 0 bridgehead atoms. The normalized spacial score (nSPS) is 40.0. The van der Waals surface area contributed by atoms with Crippen molar-refractivity contribution in [3.63, 3.8) is 0 Å². The Bertz CT molecular complexity index is 219. The lowest BCUT2D eigenvalue weighted by Crippen LogP contribution is -2.51. The molecule has 0 radical (unpaired) electrons. The van der Waals surface area contributed by atoms with Gasteiger partial charge in [-0.15, -0.1) is 6.58 Å². The fourth-order valence-corrected chi connectivity index (χ4v) is 2.91. The van der Waals surface area contributed by atoms with Crippen LogP contribution in [0.1, 0.15) is 38.5 Å². The van der Waals surface area contributed by atoms with Crippen molar-refractivity contribution < 1.29 is 4.79 Å². The molecule has 66 valence electrons. The first-order valence-electron chi connectivity index (χ1n) is 4.94. The highest BCUT2D eigenvalue weighted by atomic mass is 16.1. The fraction of sp³-hybridized carbons (Fsp3) is 0.727. The van der Waals surface area contributed by atoms with Crippen LogP contribution < -0.4 is 0 Å². The van der Waals surface area contributed by atoms with Gasteiger partial charge < -0.3 is 0 Å². The van der Waals surface area contributed by atoms with Crippen molar-refractivity contribution in [3.8, 4) is 0 Å². The predicted molar refractivity (Wildman–Crippen MR) is 48.8 cm³/mol. The molecule has 1 heteroatoms. The Balaban J connectivity index is 2.15. The maximum Gasteiger partial charge on any atom is 0.139 e. The highest BCUT2D eigenvalue weighted by molar-refractivity contribution is 5.91. The van der Waals surface area contributed by atoms with Gasteiger partial charge in [-0.25, -0.2) is 0 Å². The lowest BCUT2D eigenvalue weighted by atomic mass is 9.51. The van der Waals surface area contributed by atoms with Gasteiger partial charge in [0.25, 0.3) is 0 Å². The lowest BCUT2D eigenvalue weighted by Gasteiger charge is -2.50.